The molecule has 4 rings (SSSR count). The minimum absolute atomic E-state index is 0.0630. The van der Waals surface area contributed by atoms with E-state index in [4.69, 9.17) is 0 Å². The summed E-state index contributed by atoms with van der Waals surface area (Å²) < 4.78 is 1.16. The standard InChI is InChI=1S/C23H18N2O2S2/c26-21(14-28-15-22-25-19-11-4-5-12-20(19)29-22)24-18-10-6-9-17(13-18)23(27)16-7-2-1-3-8-16/h1-13H,14-15H2,(H,24,26). The number of thiazole rings is 1. The lowest BCUT2D eigenvalue weighted by atomic mass is 10.0. The minimum atomic E-state index is -0.0968. The predicted octanol–water partition coefficient (Wildman–Crippen LogP) is 5.40. The zero-order chi connectivity index (χ0) is 20.1. The number of carbonyl (C=O) groups excluding carboxylic acids is 2. The van der Waals surface area contributed by atoms with Crippen molar-refractivity contribution >= 4 is 50.7 Å². The molecule has 0 atom stereocenters. The van der Waals surface area contributed by atoms with E-state index in [0.717, 1.165) is 15.2 Å². The second-order valence-corrected chi connectivity index (χ2v) is 8.49. The third-order valence-corrected chi connectivity index (χ3v) is 6.40. The van der Waals surface area contributed by atoms with E-state index in [9.17, 15) is 9.59 Å². The Kier molecular flexibility index (Phi) is 6.03. The number of para-hydroxylation sites is 1. The maximum Gasteiger partial charge on any atom is 0.234 e. The highest BCUT2D eigenvalue weighted by Gasteiger charge is 2.11. The molecule has 4 nitrogen and oxygen atoms in total. The van der Waals surface area contributed by atoms with Crippen molar-refractivity contribution in [2.75, 3.05) is 11.1 Å². The number of nitrogens with zero attached hydrogens (tertiary/aromatic N) is 1. The number of anilines is 1. The molecule has 0 spiro atoms. The van der Waals surface area contributed by atoms with E-state index < -0.39 is 0 Å². The molecule has 0 bridgehead atoms. The lowest BCUT2D eigenvalue weighted by Gasteiger charge is -2.07. The minimum Gasteiger partial charge on any atom is -0.325 e. The fraction of sp³-hybridized carbons (Fsp3) is 0.0870. The van der Waals surface area contributed by atoms with Crippen molar-refractivity contribution in [1.82, 2.24) is 4.98 Å². The summed E-state index contributed by atoms with van der Waals surface area (Å²) in [5.41, 5.74) is 2.80. The lowest BCUT2D eigenvalue weighted by molar-refractivity contribution is -0.113. The van der Waals surface area contributed by atoms with Gasteiger partial charge in [0.15, 0.2) is 5.78 Å². The molecule has 0 radical (unpaired) electrons. The summed E-state index contributed by atoms with van der Waals surface area (Å²) >= 11 is 3.18. The largest absolute Gasteiger partial charge is 0.325 e. The summed E-state index contributed by atoms with van der Waals surface area (Å²) in [4.78, 5) is 29.4. The van der Waals surface area contributed by atoms with Crippen LogP contribution in [-0.2, 0) is 10.5 Å². The first-order valence-corrected chi connectivity index (χ1v) is 11.1. The molecule has 0 aliphatic heterocycles. The third-order valence-electron chi connectivity index (χ3n) is 4.24. The van der Waals surface area contributed by atoms with E-state index in [1.54, 1.807) is 47.7 Å². The van der Waals surface area contributed by atoms with Gasteiger partial charge in [-0.25, -0.2) is 4.98 Å². The van der Waals surface area contributed by atoms with Crippen molar-refractivity contribution in [2.24, 2.45) is 0 Å². The molecule has 6 heteroatoms. The maximum atomic E-state index is 12.6. The molecule has 144 valence electrons. The predicted molar refractivity (Wildman–Crippen MR) is 121 cm³/mol. The van der Waals surface area contributed by atoms with Crippen LogP contribution in [0.5, 0.6) is 0 Å². The number of carbonyl (C=O) groups is 2. The number of ketones is 1. The number of benzene rings is 3. The molecule has 0 saturated carbocycles. The fourth-order valence-electron chi connectivity index (χ4n) is 2.90. The summed E-state index contributed by atoms with van der Waals surface area (Å²) in [7, 11) is 0. The summed E-state index contributed by atoms with van der Waals surface area (Å²) in [5, 5.41) is 3.89. The van der Waals surface area contributed by atoms with E-state index in [2.05, 4.69) is 16.4 Å². The van der Waals surface area contributed by atoms with E-state index in [1.807, 2.05) is 36.4 Å². The molecular weight excluding hydrogens is 400 g/mol. The molecular formula is C23H18N2O2S2. The number of hydrogen-bond acceptors (Lipinski definition) is 5. The Morgan fingerprint density at radius 3 is 2.48 bits per heavy atom. The van der Waals surface area contributed by atoms with Crippen LogP contribution < -0.4 is 5.32 Å². The number of fused-ring (bicyclic) bond motifs is 1. The van der Waals surface area contributed by atoms with Gasteiger partial charge >= 0.3 is 0 Å². The van der Waals surface area contributed by atoms with E-state index >= 15 is 0 Å². The van der Waals surface area contributed by atoms with Crippen molar-refractivity contribution < 1.29 is 9.59 Å². The smallest absolute Gasteiger partial charge is 0.234 e. The summed E-state index contributed by atoms with van der Waals surface area (Å²) in [6, 6.07) is 24.2. The van der Waals surface area contributed by atoms with Gasteiger partial charge in [-0.1, -0.05) is 54.6 Å². The summed E-state index contributed by atoms with van der Waals surface area (Å²) in [5.74, 6) is 0.860. The van der Waals surface area contributed by atoms with Gasteiger partial charge in [-0.15, -0.1) is 23.1 Å². The van der Waals surface area contributed by atoms with Crippen LogP contribution in [0.3, 0.4) is 0 Å². The summed E-state index contributed by atoms with van der Waals surface area (Å²) in [6.45, 7) is 0. The monoisotopic (exact) mass is 418 g/mol. The van der Waals surface area contributed by atoms with Crippen molar-refractivity contribution in [2.45, 2.75) is 5.75 Å². The second-order valence-electron chi connectivity index (χ2n) is 6.39. The van der Waals surface area contributed by atoms with Gasteiger partial charge in [-0.3, -0.25) is 9.59 Å². The zero-order valence-electron chi connectivity index (χ0n) is 15.5. The quantitative estimate of drug-likeness (QED) is 0.408. The van der Waals surface area contributed by atoms with Gasteiger partial charge in [0.05, 0.1) is 16.0 Å². The molecule has 0 aliphatic rings. The molecule has 29 heavy (non-hydrogen) atoms. The van der Waals surface area contributed by atoms with Gasteiger partial charge in [0.2, 0.25) is 5.91 Å². The molecule has 1 N–H and O–H groups in total. The normalized spacial score (nSPS) is 10.8. The average Bonchev–Trinajstić information content (AvgIpc) is 3.17. The Morgan fingerprint density at radius 1 is 0.897 bits per heavy atom. The molecule has 0 aliphatic carbocycles. The van der Waals surface area contributed by atoms with Crippen LogP contribution >= 0.6 is 23.1 Å². The number of rotatable bonds is 7. The SMILES string of the molecule is O=C(CSCc1nc2ccccc2s1)Nc1cccc(C(=O)c2ccccc2)c1. The molecule has 1 amide bonds. The van der Waals surface area contributed by atoms with Crippen molar-refractivity contribution in [3.05, 3.63) is 95.0 Å². The highest BCUT2D eigenvalue weighted by atomic mass is 32.2. The topological polar surface area (TPSA) is 59.1 Å². The first kappa shape index (κ1) is 19.4. The van der Waals surface area contributed by atoms with Crippen molar-refractivity contribution in [3.8, 4) is 0 Å². The highest BCUT2D eigenvalue weighted by Crippen LogP contribution is 2.25. The van der Waals surface area contributed by atoms with Gasteiger partial charge in [-0.2, -0.15) is 0 Å². The highest BCUT2D eigenvalue weighted by molar-refractivity contribution is 7.99. The Hall–Kier alpha value is -2.96. The van der Waals surface area contributed by atoms with Gasteiger partial charge in [-0.05, 0) is 24.3 Å². The Bertz CT molecular complexity index is 1120. The molecule has 4 aromatic rings. The molecule has 3 aromatic carbocycles. The van der Waals surface area contributed by atoms with Gasteiger partial charge in [0, 0.05) is 22.6 Å². The van der Waals surface area contributed by atoms with Gasteiger partial charge in [0.25, 0.3) is 0 Å². The van der Waals surface area contributed by atoms with Crippen LogP contribution in [0.15, 0.2) is 78.9 Å². The van der Waals surface area contributed by atoms with Crippen LogP contribution in [0, 0.1) is 0 Å². The van der Waals surface area contributed by atoms with E-state index in [1.165, 1.54) is 11.8 Å². The molecule has 1 heterocycles. The van der Waals surface area contributed by atoms with Crippen LogP contribution in [0.1, 0.15) is 20.9 Å². The maximum absolute atomic E-state index is 12.6. The van der Waals surface area contributed by atoms with Gasteiger partial charge < -0.3 is 5.32 Å². The van der Waals surface area contributed by atoms with E-state index in [0.29, 0.717) is 28.3 Å². The van der Waals surface area contributed by atoms with Crippen molar-refractivity contribution in [3.63, 3.8) is 0 Å². The second kappa shape index (κ2) is 9.03. The Morgan fingerprint density at radius 2 is 1.66 bits per heavy atom. The summed E-state index contributed by atoms with van der Waals surface area (Å²) in [6.07, 6.45) is 0. The van der Waals surface area contributed by atoms with Crippen LogP contribution in [0.4, 0.5) is 5.69 Å². The molecule has 1 aromatic heterocycles. The Labute approximate surface area is 177 Å². The van der Waals surface area contributed by atoms with Crippen molar-refractivity contribution in [1.29, 1.82) is 0 Å². The van der Waals surface area contributed by atoms with Gasteiger partial charge in [0.1, 0.15) is 5.01 Å². The Balaban J connectivity index is 1.33. The molecule has 0 saturated heterocycles. The molecule has 0 unspecified atom stereocenters. The number of thioether (sulfide) groups is 1. The van der Waals surface area contributed by atoms with Crippen LogP contribution in [0.2, 0.25) is 0 Å². The molecule has 0 fully saturated rings. The number of aromatic nitrogens is 1. The zero-order valence-corrected chi connectivity index (χ0v) is 17.1. The first-order chi connectivity index (χ1) is 14.2. The first-order valence-electron chi connectivity index (χ1n) is 9.11. The van der Waals surface area contributed by atoms with E-state index in [-0.39, 0.29) is 11.7 Å². The third kappa shape index (κ3) is 4.91. The fourth-order valence-corrected chi connectivity index (χ4v) is 4.75. The number of nitrogens with one attached hydrogen (secondary N) is 1. The van der Waals surface area contributed by atoms with Crippen LogP contribution in [0.25, 0.3) is 10.2 Å². The number of amides is 1. The number of hydrogen-bond donors (Lipinski definition) is 1. The van der Waals surface area contributed by atoms with Crippen LogP contribution in [-0.4, -0.2) is 22.4 Å². The lowest BCUT2D eigenvalue weighted by Crippen LogP contribution is -2.14. The average molecular weight is 419 g/mol.